The van der Waals surface area contributed by atoms with Gasteiger partial charge in [-0.2, -0.15) is 0 Å². The average Bonchev–Trinajstić information content (AvgIpc) is 2.38. The summed E-state index contributed by atoms with van der Waals surface area (Å²) in [4.78, 5) is 20.6. The number of nitrogens with one attached hydrogen (secondary N) is 1. The molecule has 0 radical (unpaired) electrons. The zero-order valence-electron chi connectivity index (χ0n) is 12.1. The molecule has 1 saturated carbocycles. The van der Waals surface area contributed by atoms with E-state index >= 15 is 0 Å². The number of nitrogens with two attached hydrogens (primary N) is 1. The van der Waals surface area contributed by atoms with Gasteiger partial charge in [-0.1, -0.05) is 31.0 Å². The number of carbonyl (C=O) groups excluding carboxylic acids is 1. The van der Waals surface area contributed by atoms with E-state index in [1.54, 1.807) is 6.07 Å². The summed E-state index contributed by atoms with van der Waals surface area (Å²) >= 11 is 1.35. The second-order valence-corrected chi connectivity index (χ2v) is 6.63. The predicted octanol–water partition coefficient (Wildman–Crippen LogP) is 2.30. The second-order valence-electron chi connectivity index (χ2n) is 5.32. The van der Waals surface area contributed by atoms with Crippen molar-refractivity contribution in [1.29, 1.82) is 0 Å². The van der Waals surface area contributed by atoms with Gasteiger partial charge in [-0.3, -0.25) is 4.79 Å². The van der Waals surface area contributed by atoms with Crippen LogP contribution in [-0.2, 0) is 4.79 Å². The number of hydrogen-bond acceptors (Lipinski definition) is 5. The zero-order chi connectivity index (χ0) is 14.5. The summed E-state index contributed by atoms with van der Waals surface area (Å²) in [6.07, 6.45) is 5.90. The van der Waals surface area contributed by atoms with Crippen molar-refractivity contribution in [2.45, 2.75) is 62.4 Å². The lowest BCUT2D eigenvalue weighted by Gasteiger charge is -2.24. The molecule has 1 heterocycles. The number of anilines is 1. The Balaban J connectivity index is 1.89. The van der Waals surface area contributed by atoms with Gasteiger partial charge in [-0.05, 0) is 26.7 Å². The number of hydrogen-bond donors (Lipinski definition) is 2. The molecule has 1 aliphatic rings. The molecular weight excluding hydrogens is 272 g/mol. The molecule has 1 aliphatic carbocycles. The van der Waals surface area contributed by atoms with Gasteiger partial charge in [0, 0.05) is 17.8 Å². The highest BCUT2D eigenvalue weighted by Crippen LogP contribution is 2.22. The molecule has 110 valence electrons. The Morgan fingerprint density at radius 3 is 2.75 bits per heavy atom. The van der Waals surface area contributed by atoms with E-state index in [9.17, 15) is 4.79 Å². The Morgan fingerprint density at radius 2 is 2.10 bits per heavy atom. The van der Waals surface area contributed by atoms with Crippen LogP contribution < -0.4 is 11.1 Å². The monoisotopic (exact) mass is 294 g/mol. The van der Waals surface area contributed by atoms with Gasteiger partial charge in [-0.15, -0.1) is 0 Å². The van der Waals surface area contributed by atoms with Crippen LogP contribution in [0, 0.1) is 6.92 Å². The van der Waals surface area contributed by atoms with Crippen molar-refractivity contribution >= 4 is 23.5 Å². The normalized spacial score (nSPS) is 17.7. The van der Waals surface area contributed by atoms with E-state index in [4.69, 9.17) is 5.73 Å². The molecule has 5 nitrogen and oxygen atoms in total. The van der Waals surface area contributed by atoms with Gasteiger partial charge in [-0.25, -0.2) is 9.97 Å². The van der Waals surface area contributed by atoms with E-state index < -0.39 is 0 Å². The van der Waals surface area contributed by atoms with Crippen molar-refractivity contribution in [3.8, 4) is 0 Å². The molecule has 20 heavy (non-hydrogen) atoms. The number of amides is 1. The first kappa shape index (κ1) is 15.1. The quantitative estimate of drug-likeness (QED) is 0.658. The summed E-state index contributed by atoms with van der Waals surface area (Å²) < 4.78 is 0. The minimum atomic E-state index is -0.210. The Kier molecular flexibility index (Phi) is 5.23. The van der Waals surface area contributed by atoms with E-state index in [0.717, 1.165) is 18.5 Å². The molecule has 1 fully saturated rings. The van der Waals surface area contributed by atoms with Crippen LogP contribution in [0.25, 0.3) is 0 Å². The fourth-order valence-corrected chi connectivity index (χ4v) is 3.24. The topological polar surface area (TPSA) is 80.9 Å². The van der Waals surface area contributed by atoms with E-state index in [-0.39, 0.29) is 11.2 Å². The minimum Gasteiger partial charge on any atom is -0.384 e. The number of aromatic nitrogens is 2. The van der Waals surface area contributed by atoms with Crippen LogP contribution in [0.4, 0.5) is 5.82 Å². The minimum absolute atomic E-state index is 0.0607. The molecule has 2 rings (SSSR count). The lowest BCUT2D eigenvalue weighted by Crippen LogP contribution is -2.40. The highest BCUT2D eigenvalue weighted by molar-refractivity contribution is 8.00. The van der Waals surface area contributed by atoms with Crippen molar-refractivity contribution in [1.82, 2.24) is 15.3 Å². The van der Waals surface area contributed by atoms with Crippen molar-refractivity contribution in [2.24, 2.45) is 0 Å². The molecule has 3 N–H and O–H groups in total. The molecule has 0 unspecified atom stereocenters. The number of carbonyl (C=O) groups is 1. The molecule has 0 aromatic carbocycles. The first-order valence-corrected chi connectivity index (χ1v) is 8.01. The van der Waals surface area contributed by atoms with Crippen LogP contribution >= 0.6 is 11.8 Å². The largest absolute Gasteiger partial charge is 0.384 e. The van der Waals surface area contributed by atoms with Crippen molar-refractivity contribution in [3.63, 3.8) is 0 Å². The van der Waals surface area contributed by atoms with Crippen molar-refractivity contribution in [3.05, 3.63) is 11.8 Å². The zero-order valence-corrected chi connectivity index (χ0v) is 12.9. The van der Waals surface area contributed by atoms with E-state index in [1.165, 1.54) is 31.0 Å². The van der Waals surface area contributed by atoms with Crippen LogP contribution in [-0.4, -0.2) is 27.2 Å². The van der Waals surface area contributed by atoms with Crippen LogP contribution in [0.2, 0.25) is 0 Å². The third-order valence-electron chi connectivity index (χ3n) is 3.46. The maximum absolute atomic E-state index is 12.2. The third kappa shape index (κ3) is 4.37. The van der Waals surface area contributed by atoms with Gasteiger partial charge in [0.05, 0.1) is 5.25 Å². The Morgan fingerprint density at radius 1 is 1.40 bits per heavy atom. The fourth-order valence-electron chi connectivity index (χ4n) is 2.39. The van der Waals surface area contributed by atoms with Gasteiger partial charge < -0.3 is 11.1 Å². The first-order valence-electron chi connectivity index (χ1n) is 7.13. The van der Waals surface area contributed by atoms with Crippen LogP contribution in [0.3, 0.4) is 0 Å². The second kappa shape index (κ2) is 6.92. The maximum Gasteiger partial charge on any atom is 0.233 e. The Labute approximate surface area is 124 Å². The van der Waals surface area contributed by atoms with Gasteiger partial charge in [0.25, 0.3) is 0 Å². The van der Waals surface area contributed by atoms with E-state index in [0.29, 0.717) is 17.0 Å². The number of nitrogens with zero attached hydrogens (tertiary/aromatic N) is 2. The Hall–Kier alpha value is -1.30. The molecular formula is C14H22N4OS. The van der Waals surface area contributed by atoms with Gasteiger partial charge in [0.1, 0.15) is 5.82 Å². The third-order valence-corrected chi connectivity index (χ3v) is 4.42. The van der Waals surface area contributed by atoms with Crippen LogP contribution in [0.5, 0.6) is 0 Å². The number of rotatable bonds is 4. The summed E-state index contributed by atoms with van der Waals surface area (Å²) in [5, 5.41) is 3.48. The maximum atomic E-state index is 12.2. The lowest BCUT2D eigenvalue weighted by atomic mass is 9.95. The van der Waals surface area contributed by atoms with Crippen LogP contribution in [0.15, 0.2) is 11.2 Å². The highest BCUT2D eigenvalue weighted by Gasteiger charge is 2.21. The predicted molar refractivity (Wildman–Crippen MR) is 81.5 cm³/mol. The average molecular weight is 294 g/mol. The Bertz CT molecular complexity index is 454. The molecule has 1 atom stereocenters. The molecule has 0 saturated heterocycles. The van der Waals surface area contributed by atoms with Crippen molar-refractivity contribution in [2.75, 3.05) is 5.73 Å². The summed E-state index contributed by atoms with van der Waals surface area (Å²) in [6.45, 7) is 3.75. The molecule has 1 aromatic heterocycles. The smallest absolute Gasteiger partial charge is 0.233 e. The molecule has 0 bridgehead atoms. The summed E-state index contributed by atoms with van der Waals surface area (Å²) in [5.74, 6) is 0.505. The van der Waals surface area contributed by atoms with E-state index in [2.05, 4.69) is 15.3 Å². The van der Waals surface area contributed by atoms with Gasteiger partial charge >= 0.3 is 0 Å². The summed E-state index contributed by atoms with van der Waals surface area (Å²) in [6, 6.07) is 2.05. The number of thioether (sulfide) groups is 1. The van der Waals surface area contributed by atoms with E-state index in [1.807, 2.05) is 13.8 Å². The molecule has 1 amide bonds. The van der Waals surface area contributed by atoms with Crippen molar-refractivity contribution < 1.29 is 4.79 Å². The molecule has 6 heteroatoms. The number of aryl methyl sites for hydroxylation is 1. The first-order chi connectivity index (χ1) is 9.54. The number of nitrogen functional groups attached to an aromatic ring is 1. The standard InChI is InChI=1S/C14H22N4OS/c1-9-8-12(15)18-14(16-9)20-10(2)13(19)17-11-6-4-3-5-7-11/h8,10-11H,3-7H2,1-2H3,(H,17,19)(H2,15,16,18)/t10-/m1/s1. The van der Waals surface area contributed by atoms with Crippen LogP contribution in [0.1, 0.15) is 44.7 Å². The molecule has 0 spiro atoms. The van der Waals surface area contributed by atoms with Gasteiger partial charge in [0.2, 0.25) is 5.91 Å². The fraction of sp³-hybridized carbons (Fsp3) is 0.643. The molecule has 0 aliphatic heterocycles. The lowest BCUT2D eigenvalue weighted by molar-refractivity contribution is -0.121. The summed E-state index contributed by atoms with van der Waals surface area (Å²) in [5.41, 5.74) is 6.52. The van der Waals surface area contributed by atoms with Gasteiger partial charge in [0.15, 0.2) is 5.16 Å². The SMILES string of the molecule is Cc1cc(N)nc(S[C@H](C)C(=O)NC2CCCCC2)n1. The highest BCUT2D eigenvalue weighted by atomic mass is 32.2. The summed E-state index contributed by atoms with van der Waals surface area (Å²) in [7, 11) is 0. The molecule has 1 aromatic rings.